The van der Waals surface area contributed by atoms with Gasteiger partial charge in [-0.1, -0.05) is 62.2 Å². The van der Waals surface area contributed by atoms with E-state index >= 15 is 0 Å². The highest BCUT2D eigenvalue weighted by atomic mass is 32.2. The first-order chi connectivity index (χ1) is 15.8. The van der Waals surface area contributed by atoms with Crippen LogP contribution in [0.25, 0.3) is 22.5 Å². The molecule has 1 aliphatic heterocycles. The number of aromatic nitrogens is 2. The van der Waals surface area contributed by atoms with Crippen molar-refractivity contribution in [2.45, 2.75) is 42.4 Å². The molecule has 0 atom stereocenters. The summed E-state index contributed by atoms with van der Waals surface area (Å²) in [4.78, 5) is 14.2. The topological polar surface area (TPSA) is 29.0 Å². The van der Waals surface area contributed by atoms with Crippen molar-refractivity contribution in [2.75, 3.05) is 11.4 Å². The molecule has 160 valence electrons. The van der Waals surface area contributed by atoms with E-state index in [1.165, 1.54) is 46.8 Å². The maximum atomic E-state index is 4.55. The Kier molecular flexibility index (Phi) is 6.22. The van der Waals surface area contributed by atoms with Gasteiger partial charge in [-0.05, 0) is 55.0 Å². The Bertz CT molecular complexity index is 1100. The molecule has 2 aromatic heterocycles. The van der Waals surface area contributed by atoms with Crippen LogP contribution in [-0.4, -0.2) is 16.5 Å². The number of unbranched alkanes of at least 4 members (excludes halogenated alkanes) is 3. The third-order valence-electron chi connectivity index (χ3n) is 5.88. The van der Waals surface area contributed by atoms with Crippen molar-refractivity contribution in [1.82, 2.24) is 9.97 Å². The maximum absolute atomic E-state index is 4.55. The molecule has 0 amide bonds. The van der Waals surface area contributed by atoms with E-state index in [-0.39, 0.29) is 0 Å². The Morgan fingerprint density at radius 1 is 0.688 bits per heavy atom. The van der Waals surface area contributed by atoms with E-state index < -0.39 is 0 Å². The second-order valence-corrected chi connectivity index (χ2v) is 9.19. The standard InChI is InChI=1S/C28H27N3S/c1-2-3-4-9-18-31-25-14-12-21(23-10-5-7-16-29-23)19-27(25)32-28-20-22(13-15-26(28)31)24-11-6-8-17-30-24/h5-8,10-17,19-20H,2-4,9,18H2,1H3. The van der Waals surface area contributed by atoms with Gasteiger partial charge in [0.25, 0.3) is 0 Å². The monoisotopic (exact) mass is 437 g/mol. The van der Waals surface area contributed by atoms with Gasteiger partial charge in [-0.15, -0.1) is 0 Å². The Morgan fingerprint density at radius 2 is 1.28 bits per heavy atom. The summed E-state index contributed by atoms with van der Waals surface area (Å²) in [6.45, 7) is 3.30. The van der Waals surface area contributed by atoms with Gasteiger partial charge in [-0.25, -0.2) is 0 Å². The maximum Gasteiger partial charge on any atom is 0.0702 e. The fourth-order valence-electron chi connectivity index (χ4n) is 4.21. The number of hydrogen-bond donors (Lipinski definition) is 0. The molecule has 0 aliphatic carbocycles. The highest BCUT2D eigenvalue weighted by Gasteiger charge is 2.24. The summed E-state index contributed by atoms with van der Waals surface area (Å²) in [5, 5.41) is 0. The summed E-state index contributed by atoms with van der Waals surface area (Å²) in [5.41, 5.74) is 6.93. The zero-order valence-electron chi connectivity index (χ0n) is 18.4. The molecule has 0 N–H and O–H groups in total. The summed E-state index contributed by atoms with van der Waals surface area (Å²) in [6, 6.07) is 25.7. The average Bonchev–Trinajstić information content (AvgIpc) is 2.86. The summed E-state index contributed by atoms with van der Waals surface area (Å²) in [5.74, 6) is 0. The predicted molar refractivity (Wildman–Crippen MR) is 135 cm³/mol. The zero-order valence-corrected chi connectivity index (χ0v) is 19.2. The Balaban J connectivity index is 1.53. The zero-order chi connectivity index (χ0) is 21.8. The van der Waals surface area contributed by atoms with Gasteiger partial charge in [-0.3, -0.25) is 9.97 Å². The van der Waals surface area contributed by atoms with Crippen molar-refractivity contribution in [2.24, 2.45) is 0 Å². The third-order valence-corrected chi connectivity index (χ3v) is 6.97. The van der Waals surface area contributed by atoms with E-state index in [0.29, 0.717) is 0 Å². The predicted octanol–water partition coefficient (Wildman–Crippen LogP) is 7.99. The van der Waals surface area contributed by atoms with Crippen LogP contribution in [-0.2, 0) is 0 Å². The lowest BCUT2D eigenvalue weighted by atomic mass is 10.1. The SMILES string of the molecule is CCCCCCN1c2ccc(-c3ccccn3)cc2Sc2cc(-c3ccccn3)ccc21. The van der Waals surface area contributed by atoms with Gasteiger partial charge >= 0.3 is 0 Å². The first kappa shape index (κ1) is 20.8. The summed E-state index contributed by atoms with van der Waals surface area (Å²) < 4.78 is 0. The van der Waals surface area contributed by atoms with Gasteiger partial charge in [0, 0.05) is 39.9 Å². The van der Waals surface area contributed by atoms with Gasteiger partial charge in [0.05, 0.1) is 22.8 Å². The van der Waals surface area contributed by atoms with Crippen LogP contribution in [0.5, 0.6) is 0 Å². The smallest absolute Gasteiger partial charge is 0.0702 e. The van der Waals surface area contributed by atoms with Gasteiger partial charge in [0.2, 0.25) is 0 Å². The lowest BCUT2D eigenvalue weighted by Gasteiger charge is -2.33. The Hall–Kier alpha value is -3.11. The van der Waals surface area contributed by atoms with Crippen LogP contribution >= 0.6 is 11.8 Å². The minimum atomic E-state index is 1.01. The van der Waals surface area contributed by atoms with Crippen LogP contribution in [0.4, 0.5) is 11.4 Å². The van der Waals surface area contributed by atoms with Crippen LogP contribution in [0, 0.1) is 0 Å². The van der Waals surface area contributed by atoms with Crippen molar-refractivity contribution in [1.29, 1.82) is 0 Å². The molecule has 5 rings (SSSR count). The number of rotatable bonds is 7. The van der Waals surface area contributed by atoms with Crippen molar-refractivity contribution < 1.29 is 0 Å². The van der Waals surface area contributed by atoms with Crippen LogP contribution in [0.2, 0.25) is 0 Å². The van der Waals surface area contributed by atoms with Gasteiger partial charge < -0.3 is 4.90 Å². The molecule has 4 heteroatoms. The lowest BCUT2D eigenvalue weighted by Crippen LogP contribution is -2.22. The van der Waals surface area contributed by atoms with E-state index in [1.807, 2.05) is 48.4 Å². The fraction of sp³-hybridized carbons (Fsp3) is 0.214. The van der Waals surface area contributed by atoms with Crippen molar-refractivity contribution in [3.63, 3.8) is 0 Å². The normalized spacial score (nSPS) is 12.3. The molecule has 1 aliphatic rings. The minimum Gasteiger partial charge on any atom is -0.340 e. The summed E-state index contributed by atoms with van der Waals surface area (Å²) in [6.07, 6.45) is 8.72. The molecule has 3 nitrogen and oxygen atoms in total. The largest absolute Gasteiger partial charge is 0.340 e. The Labute approximate surface area is 194 Å². The molecule has 0 unspecified atom stereocenters. The molecular formula is C28H27N3S. The quantitative estimate of drug-likeness (QED) is 0.274. The number of nitrogens with zero attached hydrogens (tertiary/aromatic N) is 3. The van der Waals surface area contributed by atoms with E-state index in [1.54, 1.807) is 0 Å². The molecule has 0 bridgehead atoms. The van der Waals surface area contributed by atoms with Crippen molar-refractivity contribution in [3.8, 4) is 22.5 Å². The van der Waals surface area contributed by atoms with Crippen LogP contribution < -0.4 is 4.90 Å². The second kappa shape index (κ2) is 9.58. The molecule has 0 saturated heterocycles. The number of pyridine rings is 2. The molecule has 0 fully saturated rings. The van der Waals surface area contributed by atoms with Crippen LogP contribution in [0.3, 0.4) is 0 Å². The first-order valence-corrected chi connectivity index (χ1v) is 12.2. The molecule has 0 radical (unpaired) electrons. The van der Waals surface area contributed by atoms with Crippen molar-refractivity contribution in [3.05, 3.63) is 85.2 Å². The molecule has 4 aromatic rings. The lowest BCUT2D eigenvalue weighted by molar-refractivity contribution is 0.666. The van der Waals surface area contributed by atoms with Gasteiger partial charge in [0.15, 0.2) is 0 Å². The highest BCUT2D eigenvalue weighted by molar-refractivity contribution is 7.99. The van der Waals surface area contributed by atoms with Gasteiger partial charge in [0.1, 0.15) is 0 Å². The first-order valence-electron chi connectivity index (χ1n) is 11.4. The number of benzene rings is 2. The summed E-state index contributed by atoms with van der Waals surface area (Å²) >= 11 is 1.85. The molecule has 0 saturated carbocycles. The van der Waals surface area contributed by atoms with E-state index in [4.69, 9.17) is 0 Å². The van der Waals surface area contributed by atoms with E-state index in [0.717, 1.165) is 29.1 Å². The van der Waals surface area contributed by atoms with Gasteiger partial charge in [-0.2, -0.15) is 0 Å². The third kappa shape index (κ3) is 4.28. The Morgan fingerprint density at radius 3 is 1.78 bits per heavy atom. The van der Waals surface area contributed by atoms with Crippen LogP contribution in [0.15, 0.2) is 95.0 Å². The minimum absolute atomic E-state index is 1.01. The number of fused-ring (bicyclic) bond motifs is 2. The number of hydrogen-bond acceptors (Lipinski definition) is 4. The van der Waals surface area contributed by atoms with Crippen molar-refractivity contribution >= 4 is 23.1 Å². The molecular weight excluding hydrogens is 410 g/mol. The molecule has 3 heterocycles. The highest BCUT2D eigenvalue weighted by Crippen LogP contribution is 2.50. The molecule has 0 spiro atoms. The molecule has 2 aromatic carbocycles. The van der Waals surface area contributed by atoms with E-state index in [9.17, 15) is 0 Å². The molecule has 32 heavy (non-hydrogen) atoms. The summed E-state index contributed by atoms with van der Waals surface area (Å²) in [7, 11) is 0. The average molecular weight is 438 g/mol. The van der Waals surface area contributed by atoms with E-state index in [2.05, 4.69) is 70.3 Å². The second-order valence-electron chi connectivity index (χ2n) is 8.11. The number of anilines is 2. The van der Waals surface area contributed by atoms with Crippen LogP contribution in [0.1, 0.15) is 32.6 Å². The fourth-order valence-corrected chi connectivity index (χ4v) is 5.38.